The zero-order chi connectivity index (χ0) is 13.7. The van der Waals surface area contributed by atoms with Crippen LogP contribution in [-0.4, -0.2) is 14.2 Å². The standard InChI is InChI=1S/C15H13NO2S/c1-17-13-6-11(7-14(9-13)18-2)12(10-16)8-15-4-3-5-19-15/h3-9H,1-2H3/b12-8+. The van der Waals surface area contributed by atoms with E-state index in [4.69, 9.17) is 9.47 Å². The lowest BCUT2D eigenvalue weighted by molar-refractivity contribution is 0.394. The predicted octanol–water partition coefficient (Wildman–Crippen LogP) is 3.83. The molecule has 1 aromatic carbocycles. The number of allylic oxidation sites excluding steroid dienone is 1. The van der Waals surface area contributed by atoms with E-state index in [1.807, 2.05) is 35.7 Å². The first-order chi connectivity index (χ1) is 9.26. The number of benzene rings is 1. The molecule has 96 valence electrons. The number of methoxy groups -OCH3 is 2. The minimum atomic E-state index is 0.583. The fourth-order valence-electron chi connectivity index (χ4n) is 1.66. The molecule has 3 nitrogen and oxygen atoms in total. The maximum atomic E-state index is 9.31. The third kappa shape index (κ3) is 3.15. The van der Waals surface area contributed by atoms with E-state index in [9.17, 15) is 5.26 Å². The molecule has 0 aliphatic carbocycles. The summed E-state index contributed by atoms with van der Waals surface area (Å²) in [5, 5.41) is 11.3. The summed E-state index contributed by atoms with van der Waals surface area (Å²) in [6.45, 7) is 0. The Balaban J connectivity index is 2.47. The number of nitriles is 1. The first kappa shape index (κ1) is 13.2. The molecular formula is C15H13NO2S. The van der Waals surface area contributed by atoms with E-state index in [2.05, 4.69) is 6.07 Å². The highest BCUT2D eigenvalue weighted by Gasteiger charge is 2.07. The molecule has 0 N–H and O–H groups in total. The number of hydrogen-bond donors (Lipinski definition) is 0. The minimum absolute atomic E-state index is 0.583. The summed E-state index contributed by atoms with van der Waals surface area (Å²) >= 11 is 1.59. The molecule has 4 heteroatoms. The molecule has 0 amide bonds. The SMILES string of the molecule is COc1cc(OC)cc(/C(C#N)=C/c2cccs2)c1. The van der Waals surface area contributed by atoms with Crippen molar-refractivity contribution in [3.63, 3.8) is 0 Å². The zero-order valence-corrected chi connectivity index (χ0v) is 11.5. The number of ether oxygens (including phenoxy) is 2. The van der Waals surface area contributed by atoms with Crippen LogP contribution in [0.5, 0.6) is 11.5 Å². The van der Waals surface area contributed by atoms with Crippen molar-refractivity contribution in [1.82, 2.24) is 0 Å². The second-order valence-corrected chi connectivity index (χ2v) is 4.77. The fraction of sp³-hybridized carbons (Fsp3) is 0.133. The van der Waals surface area contributed by atoms with Gasteiger partial charge in [0.05, 0.1) is 25.9 Å². The van der Waals surface area contributed by atoms with Crippen LogP contribution in [0, 0.1) is 11.3 Å². The smallest absolute Gasteiger partial charge is 0.123 e. The quantitative estimate of drug-likeness (QED) is 0.794. The molecular weight excluding hydrogens is 258 g/mol. The second-order valence-electron chi connectivity index (χ2n) is 3.79. The summed E-state index contributed by atoms with van der Waals surface area (Å²) in [7, 11) is 3.18. The van der Waals surface area contributed by atoms with E-state index in [0.717, 1.165) is 10.4 Å². The summed E-state index contributed by atoms with van der Waals surface area (Å²) < 4.78 is 10.4. The van der Waals surface area contributed by atoms with Crippen LogP contribution in [0.15, 0.2) is 35.7 Å². The number of thiophene rings is 1. The van der Waals surface area contributed by atoms with Crippen molar-refractivity contribution in [2.75, 3.05) is 14.2 Å². The van der Waals surface area contributed by atoms with Crippen molar-refractivity contribution in [1.29, 1.82) is 5.26 Å². The molecule has 0 unspecified atom stereocenters. The fourth-order valence-corrected chi connectivity index (χ4v) is 2.32. The normalized spacial score (nSPS) is 10.9. The van der Waals surface area contributed by atoms with Crippen LogP contribution in [0.4, 0.5) is 0 Å². The Morgan fingerprint density at radius 3 is 2.37 bits per heavy atom. The monoisotopic (exact) mass is 271 g/mol. The van der Waals surface area contributed by atoms with Crippen LogP contribution in [0.2, 0.25) is 0 Å². The largest absolute Gasteiger partial charge is 0.497 e. The van der Waals surface area contributed by atoms with Gasteiger partial charge in [-0.1, -0.05) is 6.07 Å². The molecule has 1 aromatic heterocycles. The van der Waals surface area contributed by atoms with Crippen molar-refractivity contribution in [2.45, 2.75) is 0 Å². The molecule has 1 heterocycles. The molecule has 0 radical (unpaired) electrons. The van der Waals surface area contributed by atoms with E-state index in [1.165, 1.54) is 0 Å². The molecule has 0 saturated heterocycles. The van der Waals surface area contributed by atoms with Crippen LogP contribution >= 0.6 is 11.3 Å². The van der Waals surface area contributed by atoms with Crippen molar-refractivity contribution in [3.8, 4) is 17.6 Å². The van der Waals surface area contributed by atoms with E-state index in [1.54, 1.807) is 31.6 Å². The Morgan fingerprint density at radius 2 is 1.89 bits per heavy atom. The van der Waals surface area contributed by atoms with Gasteiger partial charge in [-0.2, -0.15) is 5.26 Å². The Morgan fingerprint density at radius 1 is 1.21 bits per heavy atom. The van der Waals surface area contributed by atoms with E-state index in [-0.39, 0.29) is 0 Å². The van der Waals surface area contributed by atoms with Gasteiger partial charge in [0.15, 0.2) is 0 Å². The topological polar surface area (TPSA) is 42.2 Å². The Kier molecular flexibility index (Phi) is 4.22. The Bertz CT molecular complexity index is 602. The van der Waals surface area contributed by atoms with Gasteiger partial charge in [-0.25, -0.2) is 0 Å². The average molecular weight is 271 g/mol. The van der Waals surface area contributed by atoms with E-state index >= 15 is 0 Å². The third-order valence-electron chi connectivity index (χ3n) is 2.61. The van der Waals surface area contributed by atoms with Gasteiger partial charge >= 0.3 is 0 Å². The minimum Gasteiger partial charge on any atom is -0.497 e. The highest BCUT2D eigenvalue weighted by Crippen LogP contribution is 2.28. The highest BCUT2D eigenvalue weighted by molar-refractivity contribution is 7.10. The van der Waals surface area contributed by atoms with Gasteiger partial charge in [-0.3, -0.25) is 0 Å². The molecule has 2 rings (SSSR count). The van der Waals surface area contributed by atoms with Gasteiger partial charge in [0.25, 0.3) is 0 Å². The lowest BCUT2D eigenvalue weighted by Gasteiger charge is -2.07. The molecule has 0 spiro atoms. The summed E-state index contributed by atoms with van der Waals surface area (Å²) in [4.78, 5) is 1.04. The highest BCUT2D eigenvalue weighted by atomic mass is 32.1. The number of hydrogen-bond acceptors (Lipinski definition) is 4. The first-order valence-corrected chi connectivity index (χ1v) is 6.53. The van der Waals surface area contributed by atoms with Crippen molar-refractivity contribution in [3.05, 3.63) is 46.2 Å². The van der Waals surface area contributed by atoms with Crippen molar-refractivity contribution >= 4 is 23.0 Å². The van der Waals surface area contributed by atoms with Gasteiger partial charge < -0.3 is 9.47 Å². The van der Waals surface area contributed by atoms with Gasteiger partial charge in [0.2, 0.25) is 0 Å². The molecule has 0 fully saturated rings. The van der Waals surface area contributed by atoms with Crippen LogP contribution in [0.1, 0.15) is 10.4 Å². The first-order valence-electron chi connectivity index (χ1n) is 5.65. The molecule has 2 aromatic rings. The predicted molar refractivity (Wildman–Crippen MR) is 77.3 cm³/mol. The molecule has 0 aliphatic heterocycles. The van der Waals surface area contributed by atoms with Crippen LogP contribution in [0.3, 0.4) is 0 Å². The maximum absolute atomic E-state index is 9.31. The summed E-state index contributed by atoms with van der Waals surface area (Å²) in [5.41, 5.74) is 1.37. The Hall–Kier alpha value is -2.25. The summed E-state index contributed by atoms with van der Waals surface area (Å²) in [6, 6.07) is 11.6. The lowest BCUT2D eigenvalue weighted by Crippen LogP contribution is -1.90. The average Bonchev–Trinajstić information content (AvgIpc) is 2.97. The molecule has 19 heavy (non-hydrogen) atoms. The second kappa shape index (κ2) is 6.07. The van der Waals surface area contributed by atoms with E-state index in [0.29, 0.717) is 17.1 Å². The molecule has 0 saturated carbocycles. The lowest BCUT2D eigenvalue weighted by atomic mass is 10.1. The van der Waals surface area contributed by atoms with Gasteiger partial charge in [-0.05, 0) is 35.2 Å². The van der Waals surface area contributed by atoms with Crippen LogP contribution < -0.4 is 9.47 Å². The summed E-state index contributed by atoms with van der Waals surface area (Å²) in [5.74, 6) is 1.34. The van der Waals surface area contributed by atoms with Crippen molar-refractivity contribution < 1.29 is 9.47 Å². The Labute approximate surface area is 116 Å². The molecule has 0 aliphatic rings. The van der Waals surface area contributed by atoms with E-state index < -0.39 is 0 Å². The maximum Gasteiger partial charge on any atom is 0.123 e. The van der Waals surface area contributed by atoms with Crippen LogP contribution in [0.25, 0.3) is 11.6 Å². The third-order valence-corrected chi connectivity index (χ3v) is 3.43. The number of rotatable bonds is 4. The van der Waals surface area contributed by atoms with Gasteiger partial charge in [0.1, 0.15) is 11.5 Å². The summed E-state index contributed by atoms with van der Waals surface area (Å²) in [6.07, 6.45) is 1.86. The van der Waals surface area contributed by atoms with Crippen molar-refractivity contribution in [2.24, 2.45) is 0 Å². The number of nitrogens with zero attached hydrogens (tertiary/aromatic N) is 1. The molecule has 0 bridgehead atoms. The van der Waals surface area contributed by atoms with Gasteiger partial charge in [0, 0.05) is 10.9 Å². The zero-order valence-electron chi connectivity index (χ0n) is 10.7. The molecule has 0 atom stereocenters. The van der Waals surface area contributed by atoms with Gasteiger partial charge in [-0.15, -0.1) is 11.3 Å². The van der Waals surface area contributed by atoms with Crippen LogP contribution in [-0.2, 0) is 0 Å².